The summed E-state index contributed by atoms with van der Waals surface area (Å²) < 4.78 is 33.6. The van der Waals surface area contributed by atoms with E-state index in [1.54, 1.807) is 67.6 Å². The molecule has 0 aliphatic carbocycles. The number of ether oxygens (including phenoxy) is 1. The van der Waals surface area contributed by atoms with Crippen LogP contribution in [0.15, 0.2) is 77.7 Å². The molecule has 0 heterocycles. The predicted molar refractivity (Wildman–Crippen MR) is 141 cm³/mol. The highest BCUT2D eigenvalue weighted by molar-refractivity contribution is 7.92. The van der Waals surface area contributed by atoms with E-state index in [1.165, 1.54) is 19.2 Å². The van der Waals surface area contributed by atoms with Gasteiger partial charge in [0.2, 0.25) is 5.91 Å². The first-order valence-electron chi connectivity index (χ1n) is 11.4. The Hall–Kier alpha value is -3.85. The van der Waals surface area contributed by atoms with Gasteiger partial charge in [-0.2, -0.15) is 0 Å². The lowest BCUT2D eigenvalue weighted by molar-refractivity contribution is -0.114. The van der Waals surface area contributed by atoms with Gasteiger partial charge in [0, 0.05) is 5.54 Å². The van der Waals surface area contributed by atoms with Crippen LogP contribution in [0.5, 0.6) is 5.75 Å². The maximum atomic E-state index is 13.6. The molecule has 0 aliphatic heterocycles. The molecule has 0 spiro atoms. The van der Waals surface area contributed by atoms with Crippen LogP contribution >= 0.6 is 0 Å². The fourth-order valence-corrected chi connectivity index (χ4v) is 5.07. The molecular formula is C27H31N3O5S. The third kappa shape index (κ3) is 6.42. The van der Waals surface area contributed by atoms with Crippen molar-refractivity contribution in [2.75, 3.05) is 23.3 Å². The van der Waals surface area contributed by atoms with Gasteiger partial charge >= 0.3 is 0 Å². The number of sulfonamides is 1. The van der Waals surface area contributed by atoms with Gasteiger partial charge in [0.25, 0.3) is 15.9 Å². The fraction of sp³-hybridized carbons (Fsp3) is 0.259. The molecule has 3 rings (SSSR count). The molecule has 0 radical (unpaired) electrons. The Morgan fingerprint density at radius 1 is 0.944 bits per heavy atom. The number of para-hydroxylation sites is 2. The largest absolute Gasteiger partial charge is 0.496 e. The zero-order valence-corrected chi connectivity index (χ0v) is 21.8. The number of anilines is 2. The van der Waals surface area contributed by atoms with E-state index in [4.69, 9.17) is 4.74 Å². The van der Waals surface area contributed by atoms with E-state index in [2.05, 4.69) is 10.6 Å². The van der Waals surface area contributed by atoms with Crippen LogP contribution in [0.1, 0.15) is 36.7 Å². The summed E-state index contributed by atoms with van der Waals surface area (Å²) in [6.45, 7) is 6.82. The predicted octanol–water partition coefficient (Wildman–Crippen LogP) is 4.37. The second-order valence-corrected chi connectivity index (χ2v) is 11.1. The van der Waals surface area contributed by atoms with Gasteiger partial charge in [-0.15, -0.1) is 0 Å². The number of aryl methyl sites for hydroxylation is 1. The van der Waals surface area contributed by atoms with Gasteiger partial charge in [0.1, 0.15) is 12.3 Å². The molecule has 0 aliphatic rings. The van der Waals surface area contributed by atoms with Crippen molar-refractivity contribution < 1.29 is 22.7 Å². The second kappa shape index (κ2) is 10.8. The first-order valence-corrected chi connectivity index (χ1v) is 12.8. The van der Waals surface area contributed by atoms with E-state index in [9.17, 15) is 18.0 Å². The van der Waals surface area contributed by atoms with Crippen LogP contribution in [-0.4, -0.2) is 39.4 Å². The minimum absolute atomic E-state index is 0.0300. The summed E-state index contributed by atoms with van der Waals surface area (Å²) in [6.07, 6.45) is 0. The molecule has 0 atom stereocenters. The van der Waals surface area contributed by atoms with Crippen LogP contribution in [0.4, 0.5) is 11.4 Å². The molecule has 0 aromatic heterocycles. The number of hydrogen-bond acceptors (Lipinski definition) is 5. The van der Waals surface area contributed by atoms with E-state index in [-0.39, 0.29) is 22.1 Å². The summed E-state index contributed by atoms with van der Waals surface area (Å²) >= 11 is 0. The second-order valence-electron chi connectivity index (χ2n) is 9.28. The Kier molecular flexibility index (Phi) is 8.04. The monoisotopic (exact) mass is 509 g/mol. The highest BCUT2D eigenvalue weighted by Gasteiger charge is 2.28. The first-order chi connectivity index (χ1) is 16.9. The van der Waals surface area contributed by atoms with E-state index in [0.717, 1.165) is 4.31 Å². The normalized spacial score (nSPS) is 11.5. The Morgan fingerprint density at radius 3 is 2.19 bits per heavy atom. The summed E-state index contributed by atoms with van der Waals surface area (Å²) in [6, 6.07) is 19.5. The Labute approximate surface area is 212 Å². The molecule has 0 bridgehead atoms. The van der Waals surface area contributed by atoms with E-state index < -0.39 is 28.0 Å². The molecule has 0 saturated heterocycles. The molecule has 3 aromatic carbocycles. The topological polar surface area (TPSA) is 105 Å². The van der Waals surface area contributed by atoms with Crippen molar-refractivity contribution in [3.63, 3.8) is 0 Å². The van der Waals surface area contributed by atoms with Crippen LogP contribution < -0.4 is 19.7 Å². The van der Waals surface area contributed by atoms with Crippen LogP contribution in [-0.2, 0) is 14.8 Å². The Morgan fingerprint density at radius 2 is 1.58 bits per heavy atom. The summed E-state index contributed by atoms with van der Waals surface area (Å²) in [5.74, 6) is -0.383. The van der Waals surface area contributed by atoms with Crippen LogP contribution in [0.3, 0.4) is 0 Å². The van der Waals surface area contributed by atoms with Gasteiger partial charge in [-0.3, -0.25) is 13.9 Å². The molecular weight excluding hydrogens is 478 g/mol. The molecule has 190 valence electrons. The molecule has 2 N–H and O–H groups in total. The fourth-order valence-electron chi connectivity index (χ4n) is 3.57. The minimum Gasteiger partial charge on any atom is -0.496 e. The maximum absolute atomic E-state index is 13.6. The number of nitrogens with one attached hydrogen (secondary N) is 2. The van der Waals surface area contributed by atoms with Gasteiger partial charge in [-0.25, -0.2) is 8.42 Å². The average molecular weight is 510 g/mol. The zero-order chi connectivity index (χ0) is 26.5. The van der Waals surface area contributed by atoms with Gasteiger partial charge in [0.05, 0.1) is 28.9 Å². The lowest BCUT2D eigenvalue weighted by atomic mass is 10.1. The quantitative estimate of drug-likeness (QED) is 0.469. The average Bonchev–Trinajstić information content (AvgIpc) is 2.82. The number of methoxy groups -OCH3 is 1. The molecule has 0 unspecified atom stereocenters. The van der Waals surface area contributed by atoms with Gasteiger partial charge in [-0.1, -0.05) is 30.3 Å². The Bertz CT molecular complexity index is 1350. The number of carbonyl (C=O) groups excluding carboxylic acids is 2. The summed E-state index contributed by atoms with van der Waals surface area (Å²) in [5.41, 5.74) is 1.08. The van der Waals surface area contributed by atoms with Gasteiger partial charge in [-0.05, 0) is 75.7 Å². The Balaban J connectivity index is 1.93. The highest BCUT2D eigenvalue weighted by Crippen LogP contribution is 2.27. The minimum atomic E-state index is -4.10. The highest BCUT2D eigenvalue weighted by atomic mass is 32.2. The van der Waals surface area contributed by atoms with Crippen LogP contribution in [0, 0.1) is 6.92 Å². The first kappa shape index (κ1) is 26.7. The van der Waals surface area contributed by atoms with Crippen molar-refractivity contribution in [1.29, 1.82) is 0 Å². The van der Waals surface area contributed by atoms with Crippen molar-refractivity contribution in [3.8, 4) is 5.75 Å². The van der Waals surface area contributed by atoms with Crippen LogP contribution in [0.2, 0.25) is 0 Å². The maximum Gasteiger partial charge on any atom is 0.264 e. The smallest absolute Gasteiger partial charge is 0.264 e. The van der Waals surface area contributed by atoms with E-state index >= 15 is 0 Å². The van der Waals surface area contributed by atoms with Crippen molar-refractivity contribution >= 4 is 33.2 Å². The molecule has 2 amide bonds. The molecule has 9 heteroatoms. The standard InChI is InChI=1S/C27H31N3O5S/c1-19-17-21(15-16-24(19)35-5)36(33,34)30(20-11-7-6-8-12-20)18-25(31)28-23-14-10-9-13-22(23)26(32)29-27(2,3)4/h6-17H,18H2,1-5H3,(H,28,31)(H,29,32). The van der Waals surface area contributed by atoms with Crippen LogP contribution in [0.25, 0.3) is 0 Å². The third-order valence-electron chi connectivity index (χ3n) is 5.22. The van der Waals surface area contributed by atoms with Crippen molar-refractivity contribution in [2.24, 2.45) is 0 Å². The zero-order valence-electron chi connectivity index (χ0n) is 21.0. The van der Waals surface area contributed by atoms with Crippen molar-refractivity contribution in [1.82, 2.24) is 5.32 Å². The molecule has 3 aromatic rings. The SMILES string of the molecule is COc1ccc(S(=O)(=O)N(CC(=O)Nc2ccccc2C(=O)NC(C)(C)C)c2ccccc2)cc1C. The number of amides is 2. The number of benzene rings is 3. The van der Waals surface area contributed by atoms with Crippen molar-refractivity contribution in [3.05, 3.63) is 83.9 Å². The number of carbonyl (C=O) groups is 2. The van der Waals surface area contributed by atoms with Crippen molar-refractivity contribution in [2.45, 2.75) is 38.1 Å². The lowest BCUT2D eigenvalue weighted by Crippen LogP contribution is -2.41. The van der Waals surface area contributed by atoms with E-state index in [0.29, 0.717) is 17.0 Å². The molecule has 36 heavy (non-hydrogen) atoms. The molecule has 8 nitrogen and oxygen atoms in total. The number of nitrogens with zero attached hydrogens (tertiary/aromatic N) is 1. The van der Waals surface area contributed by atoms with Gasteiger partial charge < -0.3 is 15.4 Å². The van der Waals surface area contributed by atoms with E-state index in [1.807, 2.05) is 20.8 Å². The third-order valence-corrected chi connectivity index (χ3v) is 6.99. The lowest BCUT2D eigenvalue weighted by Gasteiger charge is -2.25. The summed E-state index contributed by atoms with van der Waals surface area (Å²) in [5, 5.41) is 5.57. The number of rotatable bonds is 8. The van der Waals surface area contributed by atoms with Gasteiger partial charge in [0.15, 0.2) is 0 Å². The summed E-state index contributed by atoms with van der Waals surface area (Å²) in [4.78, 5) is 25.9. The number of hydrogen-bond donors (Lipinski definition) is 2. The molecule has 0 fully saturated rings. The summed E-state index contributed by atoms with van der Waals surface area (Å²) in [7, 11) is -2.59. The molecule has 0 saturated carbocycles.